The summed E-state index contributed by atoms with van der Waals surface area (Å²) >= 11 is 0. The van der Waals surface area contributed by atoms with Gasteiger partial charge >= 0.3 is 0 Å². The lowest BCUT2D eigenvalue weighted by Crippen LogP contribution is -2.33. The van der Waals surface area contributed by atoms with Crippen LogP contribution < -0.4 is 4.85 Å². The minimum absolute atomic E-state index is 0.587. The average Bonchev–Trinajstić information content (AvgIpc) is 2.16. The first-order valence-corrected chi connectivity index (χ1v) is 4.80. The van der Waals surface area contributed by atoms with Gasteiger partial charge in [-0.15, -0.1) is 0 Å². The lowest BCUT2D eigenvalue weighted by Gasteiger charge is -2.03. The molecule has 0 unspecified atom stereocenters. The van der Waals surface area contributed by atoms with Gasteiger partial charge in [-0.05, 0) is 32.0 Å². The van der Waals surface area contributed by atoms with E-state index in [-0.39, 0.29) is 0 Å². The van der Waals surface area contributed by atoms with Crippen molar-refractivity contribution in [2.45, 2.75) is 13.8 Å². The molecule has 0 saturated carbocycles. The molecule has 0 N–H and O–H groups in total. The Morgan fingerprint density at radius 3 is 2.40 bits per heavy atom. The third kappa shape index (κ3) is 1.96. The van der Waals surface area contributed by atoms with E-state index < -0.39 is 0 Å². The number of aryl methyl sites for hydroxylation is 2. The summed E-state index contributed by atoms with van der Waals surface area (Å²) in [5.41, 5.74) is 3.79. The van der Waals surface area contributed by atoms with E-state index in [1.807, 2.05) is 26.0 Å². The number of rotatable bonds is 1. The lowest BCUT2D eigenvalue weighted by molar-refractivity contribution is -0.658. The van der Waals surface area contributed by atoms with Crippen molar-refractivity contribution in [3.8, 4) is 11.3 Å². The monoisotopic (exact) mass is 200 g/mol. The van der Waals surface area contributed by atoms with Crippen molar-refractivity contribution >= 4 is 0 Å². The second kappa shape index (κ2) is 3.69. The Hall–Kier alpha value is -1.90. The fraction of sp³-hybridized carbons (Fsp3) is 0.167. The second-order valence-electron chi connectivity index (χ2n) is 3.66. The van der Waals surface area contributed by atoms with Crippen molar-refractivity contribution in [1.82, 2.24) is 5.10 Å². The molecule has 0 bridgehead atoms. The van der Waals surface area contributed by atoms with E-state index in [0.29, 0.717) is 10.5 Å². The Morgan fingerprint density at radius 2 is 1.80 bits per heavy atom. The van der Waals surface area contributed by atoms with Crippen molar-refractivity contribution < 1.29 is 4.85 Å². The molecule has 1 aromatic carbocycles. The van der Waals surface area contributed by atoms with Gasteiger partial charge in [0.15, 0.2) is 0 Å². The fourth-order valence-electron chi connectivity index (χ4n) is 1.69. The van der Waals surface area contributed by atoms with Crippen LogP contribution in [0, 0.1) is 19.1 Å². The Kier molecular flexibility index (Phi) is 2.37. The van der Waals surface area contributed by atoms with Gasteiger partial charge in [0, 0.05) is 11.2 Å². The fourth-order valence-corrected chi connectivity index (χ4v) is 1.69. The lowest BCUT2D eigenvalue weighted by atomic mass is 10.1. The molecule has 76 valence electrons. The average molecular weight is 200 g/mol. The van der Waals surface area contributed by atoms with Gasteiger partial charge in [0.05, 0.1) is 11.8 Å². The molecule has 0 aliphatic heterocycles. The van der Waals surface area contributed by atoms with E-state index in [1.165, 1.54) is 6.20 Å². The van der Waals surface area contributed by atoms with Crippen LogP contribution in [0.5, 0.6) is 0 Å². The van der Waals surface area contributed by atoms with Crippen molar-refractivity contribution in [3.63, 3.8) is 0 Å². The van der Waals surface area contributed by atoms with Crippen molar-refractivity contribution in [1.29, 1.82) is 0 Å². The largest absolute Gasteiger partial charge is 0.594 e. The van der Waals surface area contributed by atoms with Crippen LogP contribution in [0.4, 0.5) is 0 Å². The van der Waals surface area contributed by atoms with E-state index in [1.54, 1.807) is 12.1 Å². The topological polar surface area (TPSA) is 39.8 Å². The standard InChI is InChI=1S/C12H12N2O/c1-9-6-10(2)8-11(7-9)12-4-3-5-13-14(12)15/h3-8H,1-2H3. The quantitative estimate of drug-likeness (QED) is 0.521. The first-order valence-electron chi connectivity index (χ1n) is 4.80. The van der Waals surface area contributed by atoms with E-state index >= 15 is 0 Å². The highest BCUT2D eigenvalue weighted by Crippen LogP contribution is 2.18. The van der Waals surface area contributed by atoms with Gasteiger partial charge in [-0.1, -0.05) is 22.0 Å². The van der Waals surface area contributed by atoms with Gasteiger partial charge in [0.1, 0.15) is 0 Å². The number of hydrogen-bond acceptors (Lipinski definition) is 2. The highest BCUT2D eigenvalue weighted by molar-refractivity contribution is 5.58. The maximum absolute atomic E-state index is 11.4. The number of hydrogen-bond donors (Lipinski definition) is 0. The highest BCUT2D eigenvalue weighted by atomic mass is 16.5. The summed E-state index contributed by atoms with van der Waals surface area (Å²) in [7, 11) is 0. The SMILES string of the molecule is Cc1cc(C)cc(-c2cccn[n+]2[O-])c1. The molecular formula is C12H12N2O. The Morgan fingerprint density at radius 1 is 1.13 bits per heavy atom. The van der Waals surface area contributed by atoms with Gasteiger partial charge in [0.2, 0.25) is 0 Å². The molecule has 3 heteroatoms. The summed E-state index contributed by atoms with van der Waals surface area (Å²) < 4.78 is 0. The summed E-state index contributed by atoms with van der Waals surface area (Å²) in [4.78, 5) is 0.647. The van der Waals surface area contributed by atoms with Crippen LogP contribution in [0.2, 0.25) is 0 Å². The zero-order chi connectivity index (χ0) is 10.8. The normalized spacial score (nSPS) is 10.3. The highest BCUT2D eigenvalue weighted by Gasteiger charge is 2.09. The Bertz CT molecular complexity index is 474. The third-order valence-corrected chi connectivity index (χ3v) is 2.24. The zero-order valence-electron chi connectivity index (χ0n) is 8.77. The van der Waals surface area contributed by atoms with E-state index in [2.05, 4.69) is 11.2 Å². The molecule has 0 aliphatic carbocycles. The van der Waals surface area contributed by atoms with Gasteiger partial charge in [-0.3, -0.25) is 0 Å². The van der Waals surface area contributed by atoms with Crippen LogP contribution in [0.1, 0.15) is 11.1 Å². The number of aromatic nitrogens is 2. The molecule has 1 heterocycles. The predicted molar refractivity (Wildman–Crippen MR) is 58.1 cm³/mol. The Labute approximate surface area is 88.6 Å². The van der Waals surface area contributed by atoms with Crippen molar-refractivity contribution in [3.05, 3.63) is 52.9 Å². The summed E-state index contributed by atoms with van der Waals surface area (Å²) in [6, 6.07) is 9.58. The van der Waals surface area contributed by atoms with Gasteiger partial charge < -0.3 is 5.21 Å². The number of benzene rings is 1. The van der Waals surface area contributed by atoms with Crippen LogP contribution in [0.25, 0.3) is 11.3 Å². The summed E-state index contributed by atoms with van der Waals surface area (Å²) in [5.74, 6) is 0. The molecule has 0 saturated heterocycles. The molecule has 15 heavy (non-hydrogen) atoms. The minimum Gasteiger partial charge on any atom is -0.594 e. The van der Waals surface area contributed by atoms with Crippen LogP contribution in [-0.4, -0.2) is 5.10 Å². The molecule has 0 spiro atoms. The first kappa shape index (κ1) is 9.65. The molecule has 2 rings (SSSR count). The van der Waals surface area contributed by atoms with Crippen LogP contribution in [0.3, 0.4) is 0 Å². The van der Waals surface area contributed by atoms with Crippen molar-refractivity contribution in [2.75, 3.05) is 0 Å². The predicted octanol–water partition coefficient (Wildman–Crippen LogP) is 2.00. The molecule has 0 amide bonds. The maximum Gasteiger partial charge on any atom is 0.252 e. The van der Waals surface area contributed by atoms with E-state index in [4.69, 9.17) is 0 Å². The summed E-state index contributed by atoms with van der Waals surface area (Å²) in [6.45, 7) is 4.03. The minimum atomic E-state index is 0.587. The zero-order valence-corrected chi connectivity index (χ0v) is 8.77. The molecule has 0 atom stereocenters. The maximum atomic E-state index is 11.4. The number of nitrogens with zero attached hydrogens (tertiary/aromatic N) is 2. The van der Waals surface area contributed by atoms with Gasteiger partial charge in [0.25, 0.3) is 5.69 Å². The molecule has 0 aliphatic rings. The third-order valence-electron chi connectivity index (χ3n) is 2.24. The van der Waals surface area contributed by atoms with Crippen LogP contribution in [-0.2, 0) is 0 Å². The summed E-state index contributed by atoms with van der Waals surface area (Å²) in [6.07, 6.45) is 1.49. The Balaban J connectivity index is 2.59. The summed E-state index contributed by atoms with van der Waals surface area (Å²) in [5, 5.41) is 15.1. The molecule has 3 nitrogen and oxygen atoms in total. The first-order chi connectivity index (χ1) is 7.16. The van der Waals surface area contributed by atoms with Gasteiger partial charge in [-0.2, -0.15) is 0 Å². The molecule has 0 fully saturated rings. The second-order valence-corrected chi connectivity index (χ2v) is 3.66. The van der Waals surface area contributed by atoms with E-state index in [9.17, 15) is 5.21 Å². The van der Waals surface area contributed by atoms with Gasteiger partial charge in [-0.25, -0.2) is 0 Å². The van der Waals surface area contributed by atoms with E-state index in [0.717, 1.165) is 16.7 Å². The van der Waals surface area contributed by atoms with Crippen LogP contribution in [0.15, 0.2) is 36.5 Å². The smallest absolute Gasteiger partial charge is 0.252 e. The molecule has 2 aromatic rings. The van der Waals surface area contributed by atoms with Crippen molar-refractivity contribution in [2.24, 2.45) is 0 Å². The molecular weight excluding hydrogens is 188 g/mol. The molecule has 0 radical (unpaired) electrons. The van der Waals surface area contributed by atoms with Crippen LogP contribution >= 0.6 is 0 Å². The molecule has 1 aromatic heterocycles.